The molecule has 1 heterocycles. The van der Waals surface area contributed by atoms with Crippen molar-refractivity contribution < 1.29 is 18.5 Å². The Kier molecular flexibility index (Phi) is 8.48. The molecule has 1 amide bonds. The summed E-state index contributed by atoms with van der Waals surface area (Å²) in [5, 5.41) is 0.764. The molecule has 0 unspecified atom stereocenters. The van der Waals surface area contributed by atoms with Crippen LogP contribution in [0.2, 0.25) is 5.02 Å². The Morgan fingerprint density at radius 3 is 2.83 bits per heavy atom. The van der Waals surface area contributed by atoms with Crippen molar-refractivity contribution in [1.29, 1.82) is 0 Å². The van der Waals surface area contributed by atoms with Gasteiger partial charge in [-0.1, -0.05) is 42.4 Å². The minimum absolute atomic E-state index is 0.101. The molecule has 2 fully saturated rings. The second-order valence-electron chi connectivity index (χ2n) is 12.9. The Bertz CT molecular complexity index is 1510. The summed E-state index contributed by atoms with van der Waals surface area (Å²) < 4.78 is 26.4. The van der Waals surface area contributed by atoms with Gasteiger partial charge in [0.1, 0.15) is 16.1 Å². The zero-order valence-corrected chi connectivity index (χ0v) is 26.1. The molecule has 2 saturated carbocycles. The maximum Gasteiger partial charge on any atom is 0.266 e. The lowest BCUT2D eigenvalue weighted by atomic mass is 9.68. The smallest absolute Gasteiger partial charge is 0.266 e. The summed E-state index contributed by atoms with van der Waals surface area (Å²) in [7, 11) is -0.114. The van der Waals surface area contributed by atoms with Gasteiger partial charge in [0.15, 0.2) is 0 Å². The van der Waals surface area contributed by atoms with Gasteiger partial charge in [-0.15, -0.1) is 0 Å². The number of halogens is 1. The van der Waals surface area contributed by atoms with Crippen LogP contribution in [0.5, 0.6) is 5.75 Å². The number of aryl methyl sites for hydroxylation is 1. The van der Waals surface area contributed by atoms with Crippen molar-refractivity contribution in [3.63, 3.8) is 0 Å². The molecule has 1 aliphatic heterocycles. The van der Waals surface area contributed by atoms with Crippen molar-refractivity contribution in [2.45, 2.75) is 63.4 Å². The molecule has 224 valence electrons. The SMILES string of the molecule is C#S(=O)NC(=O)c1ccc2c(c1)N(C[C@@H]1CC[C@H]1[C@H](/C=C/C[C@H]1C[C@@H]1C)OC)C[C@@]1(CCCc3cc(Cl)ccc31)CO2. The van der Waals surface area contributed by atoms with Crippen molar-refractivity contribution in [2.24, 2.45) is 23.7 Å². The number of hydrogen-bond acceptors (Lipinski definition) is 5. The zero-order valence-electron chi connectivity index (χ0n) is 24.5. The molecule has 8 heteroatoms. The second kappa shape index (κ2) is 12.1. The fraction of sp³-hybridized carbons (Fsp3) is 0.529. The van der Waals surface area contributed by atoms with E-state index in [2.05, 4.69) is 40.8 Å². The topological polar surface area (TPSA) is 67.9 Å². The van der Waals surface area contributed by atoms with Crippen molar-refractivity contribution in [1.82, 2.24) is 4.72 Å². The number of rotatable bonds is 8. The summed E-state index contributed by atoms with van der Waals surface area (Å²) in [6.07, 6.45) is 12.6. The van der Waals surface area contributed by atoms with Crippen LogP contribution in [-0.2, 0) is 27.0 Å². The van der Waals surface area contributed by atoms with Gasteiger partial charge < -0.3 is 14.4 Å². The number of carbonyl (C=O) groups excluding carboxylic acids is 1. The number of anilines is 1. The molecular formula is C34H41ClN2O4S. The number of methoxy groups -OCH3 is 1. The van der Waals surface area contributed by atoms with Crippen LogP contribution in [-0.4, -0.2) is 43.0 Å². The fourth-order valence-electron chi connectivity index (χ4n) is 7.45. The number of carbonyl (C=O) groups is 1. The van der Waals surface area contributed by atoms with Crippen LogP contribution in [0, 0.1) is 29.4 Å². The summed E-state index contributed by atoms with van der Waals surface area (Å²) in [5.74, 6) is 2.86. The van der Waals surface area contributed by atoms with E-state index >= 15 is 0 Å². The minimum Gasteiger partial charge on any atom is -0.490 e. The average molecular weight is 609 g/mol. The van der Waals surface area contributed by atoms with E-state index in [-0.39, 0.29) is 11.5 Å². The highest BCUT2D eigenvalue weighted by molar-refractivity contribution is 7.72. The molecule has 0 radical (unpaired) electrons. The maximum absolute atomic E-state index is 12.8. The van der Waals surface area contributed by atoms with E-state index in [0.717, 1.165) is 79.9 Å². The first-order valence-electron chi connectivity index (χ1n) is 15.2. The molecule has 4 aliphatic rings. The van der Waals surface area contributed by atoms with E-state index in [1.54, 1.807) is 6.07 Å². The van der Waals surface area contributed by atoms with Gasteiger partial charge in [0.05, 0.1) is 18.4 Å². The third-order valence-electron chi connectivity index (χ3n) is 10.2. The van der Waals surface area contributed by atoms with E-state index in [4.69, 9.17) is 26.8 Å². The monoisotopic (exact) mass is 608 g/mol. The Labute approximate surface area is 256 Å². The van der Waals surface area contributed by atoms with E-state index in [0.29, 0.717) is 24.0 Å². The van der Waals surface area contributed by atoms with E-state index in [9.17, 15) is 9.00 Å². The Morgan fingerprint density at radius 2 is 2.12 bits per heavy atom. The average Bonchev–Trinajstić information content (AvgIpc) is 3.69. The van der Waals surface area contributed by atoms with Gasteiger partial charge in [0.2, 0.25) is 0 Å². The molecule has 0 bridgehead atoms. The van der Waals surface area contributed by atoms with Gasteiger partial charge in [-0.25, -0.2) is 4.72 Å². The van der Waals surface area contributed by atoms with Crippen LogP contribution in [0.25, 0.3) is 0 Å². The summed E-state index contributed by atoms with van der Waals surface area (Å²) in [4.78, 5) is 15.2. The van der Waals surface area contributed by atoms with E-state index in [1.165, 1.54) is 17.5 Å². The Morgan fingerprint density at radius 1 is 1.29 bits per heavy atom. The third kappa shape index (κ3) is 6.03. The highest BCUT2D eigenvalue weighted by Crippen LogP contribution is 2.47. The van der Waals surface area contributed by atoms with Gasteiger partial charge >= 0.3 is 0 Å². The quantitative estimate of drug-likeness (QED) is 0.349. The number of nitrogens with zero attached hydrogens (tertiary/aromatic N) is 1. The molecular weight excluding hydrogens is 568 g/mol. The molecule has 0 saturated heterocycles. The summed E-state index contributed by atoms with van der Waals surface area (Å²) >= 11 is 6.41. The van der Waals surface area contributed by atoms with Crippen molar-refractivity contribution in [3.8, 4) is 11.4 Å². The molecule has 1 N–H and O–H groups in total. The largest absolute Gasteiger partial charge is 0.490 e. The molecule has 0 aromatic heterocycles. The van der Waals surface area contributed by atoms with Gasteiger partial charge in [0.25, 0.3) is 5.91 Å². The molecule has 1 spiro atoms. The van der Waals surface area contributed by atoms with Gasteiger partial charge in [-0.05, 0) is 110 Å². The lowest BCUT2D eigenvalue weighted by Gasteiger charge is -2.46. The lowest BCUT2D eigenvalue weighted by Crippen LogP contribution is -2.49. The first-order valence-corrected chi connectivity index (χ1v) is 16.8. The van der Waals surface area contributed by atoms with E-state index < -0.39 is 16.3 Å². The minimum atomic E-state index is -1.94. The fourth-order valence-corrected chi connectivity index (χ4v) is 7.95. The van der Waals surface area contributed by atoms with E-state index in [1.807, 2.05) is 25.3 Å². The molecule has 3 aliphatic carbocycles. The van der Waals surface area contributed by atoms with Crippen LogP contribution >= 0.6 is 11.6 Å². The highest BCUT2D eigenvalue weighted by Gasteiger charge is 2.44. The number of ether oxygens (including phenoxy) is 2. The van der Waals surface area contributed by atoms with Crippen LogP contribution in [0.1, 0.15) is 66.9 Å². The summed E-state index contributed by atoms with van der Waals surface area (Å²) in [5.41, 5.74) is 9.07. The number of benzene rings is 2. The van der Waals surface area contributed by atoms with Crippen molar-refractivity contribution in [2.75, 3.05) is 31.7 Å². The lowest BCUT2D eigenvalue weighted by molar-refractivity contribution is 0.0131. The van der Waals surface area contributed by atoms with Crippen molar-refractivity contribution in [3.05, 3.63) is 70.3 Å². The first kappa shape index (κ1) is 29.4. The standard InChI is InChI=1S/C34H41ClN2O4S/c1-22-16-23(22)6-4-8-31(40-2)28-12-9-26(28)19-37-20-34(15-5-7-24-17-27(35)11-13-29(24)34)21-41-32-14-10-25(18-30(32)37)33(38)36-42(3)39/h3-4,8,10-11,13-14,17-18,22-23,26,28,31H,5-7,9,12,15-16,19-21H2,1-2H3,(H,36,38,39)/b8-4+/t22-,23-,26-,28+,31-,34-/m0/s1. The number of hydrogen-bond donors (Lipinski definition) is 1. The predicted octanol–water partition coefficient (Wildman–Crippen LogP) is 6.44. The summed E-state index contributed by atoms with van der Waals surface area (Å²) in [6, 6.07) is 11.7. The normalized spacial score (nSPS) is 28.7. The van der Waals surface area contributed by atoms with Gasteiger partial charge in [-0.3, -0.25) is 4.79 Å². The summed E-state index contributed by atoms with van der Waals surface area (Å²) in [6.45, 7) is 4.50. The van der Waals surface area contributed by atoms with Crippen LogP contribution in [0.4, 0.5) is 5.69 Å². The number of amides is 1. The van der Waals surface area contributed by atoms with Crippen LogP contribution in [0.15, 0.2) is 48.6 Å². The Balaban J connectivity index is 1.31. The van der Waals surface area contributed by atoms with Gasteiger partial charge in [0, 0.05) is 36.2 Å². The van der Waals surface area contributed by atoms with Crippen LogP contribution < -0.4 is 14.4 Å². The number of allylic oxidation sites excluding steroid dienone is 1. The molecule has 2 aromatic carbocycles. The zero-order chi connectivity index (χ0) is 29.4. The maximum atomic E-state index is 12.8. The first-order chi connectivity index (χ1) is 20.3. The second-order valence-corrected chi connectivity index (χ2v) is 14.1. The molecule has 6 atom stereocenters. The van der Waals surface area contributed by atoms with Crippen molar-refractivity contribution >= 4 is 33.6 Å². The van der Waals surface area contributed by atoms with Gasteiger partial charge in [-0.2, -0.15) is 4.21 Å². The number of nitrogens with one attached hydrogen (secondary N) is 1. The van der Waals surface area contributed by atoms with Crippen LogP contribution in [0.3, 0.4) is 0 Å². The molecule has 2 aromatic rings. The number of fused-ring (bicyclic) bond motifs is 3. The molecule has 6 rings (SSSR count). The molecule has 6 nitrogen and oxygen atoms in total. The molecule has 42 heavy (non-hydrogen) atoms. The third-order valence-corrected chi connectivity index (χ3v) is 10.8. The Hall–Kier alpha value is -2.70. The predicted molar refractivity (Wildman–Crippen MR) is 169 cm³/mol. The highest BCUT2D eigenvalue weighted by atomic mass is 35.5.